The number of benzene rings is 1. The fourth-order valence-electron chi connectivity index (χ4n) is 2.86. The molecule has 24 heavy (non-hydrogen) atoms. The van der Waals surface area contributed by atoms with Gasteiger partial charge in [-0.2, -0.15) is 0 Å². The van der Waals surface area contributed by atoms with Crippen LogP contribution < -0.4 is 16.0 Å². The lowest BCUT2D eigenvalue weighted by Gasteiger charge is -2.42. The van der Waals surface area contributed by atoms with Crippen LogP contribution >= 0.6 is 0 Å². The van der Waals surface area contributed by atoms with Crippen molar-refractivity contribution in [3.8, 4) is 0 Å². The van der Waals surface area contributed by atoms with E-state index in [0.717, 1.165) is 24.8 Å². The molecule has 0 aliphatic heterocycles. The Hall–Kier alpha value is -2.18. The van der Waals surface area contributed by atoms with Crippen LogP contribution in [0.15, 0.2) is 24.3 Å². The third-order valence-corrected chi connectivity index (χ3v) is 4.49. The van der Waals surface area contributed by atoms with Crippen molar-refractivity contribution in [2.45, 2.75) is 37.6 Å². The van der Waals surface area contributed by atoms with Crippen molar-refractivity contribution >= 4 is 11.9 Å². The largest absolute Gasteiger partial charge is 0.352 e. The monoisotopic (exact) mass is 339 g/mol. The summed E-state index contributed by atoms with van der Waals surface area (Å²) in [5, 5.41) is 7.68. The fourth-order valence-corrected chi connectivity index (χ4v) is 2.86. The molecule has 1 saturated carbocycles. The molecule has 1 aromatic carbocycles. The van der Waals surface area contributed by atoms with Crippen LogP contribution in [0.25, 0.3) is 0 Å². The van der Waals surface area contributed by atoms with Gasteiger partial charge in [0, 0.05) is 18.5 Å². The normalized spacial score (nSPS) is 16.6. The van der Waals surface area contributed by atoms with Crippen molar-refractivity contribution in [2.75, 3.05) is 19.8 Å². The highest BCUT2D eigenvalue weighted by molar-refractivity contribution is 5.86. The highest BCUT2D eigenvalue weighted by atomic mass is 19.1. The summed E-state index contributed by atoms with van der Waals surface area (Å²) >= 11 is 0. The molecule has 1 aromatic rings. The molecule has 0 heterocycles. The molecule has 132 valence electrons. The first-order valence-corrected chi connectivity index (χ1v) is 8.11. The van der Waals surface area contributed by atoms with E-state index in [9.17, 15) is 18.4 Å². The van der Waals surface area contributed by atoms with Crippen molar-refractivity contribution in [3.05, 3.63) is 35.6 Å². The molecule has 5 nitrogen and oxygen atoms in total. The Morgan fingerprint density at radius 3 is 2.42 bits per heavy atom. The van der Waals surface area contributed by atoms with Crippen LogP contribution in [0.5, 0.6) is 0 Å². The summed E-state index contributed by atoms with van der Waals surface area (Å²) in [6.07, 6.45) is 2.90. The quantitative estimate of drug-likeness (QED) is 0.711. The molecule has 1 unspecified atom stereocenters. The lowest BCUT2D eigenvalue weighted by Crippen LogP contribution is -2.52. The molecule has 1 fully saturated rings. The Kier molecular flexibility index (Phi) is 6.11. The van der Waals surface area contributed by atoms with Crippen LogP contribution in [0.2, 0.25) is 0 Å². The zero-order chi connectivity index (χ0) is 17.6. The van der Waals surface area contributed by atoms with Gasteiger partial charge < -0.3 is 16.0 Å². The minimum Gasteiger partial charge on any atom is -0.352 e. The molecule has 0 saturated heterocycles. The van der Waals surface area contributed by atoms with Crippen molar-refractivity contribution in [3.63, 3.8) is 0 Å². The van der Waals surface area contributed by atoms with Gasteiger partial charge >= 0.3 is 6.03 Å². The first-order valence-electron chi connectivity index (χ1n) is 8.11. The molecule has 3 amide bonds. The lowest BCUT2D eigenvalue weighted by molar-refractivity contribution is -0.122. The molecule has 1 aliphatic rings. The number of rotatable bonds is 7. The van der Waals surface area contributed by atoms with Gasteiger partial charge in [0.1, 0.15) is 18.5 Å². The predicted molar refractivity (Wildman–Crippen MR) is 86.9 cm³/mol. The van der Waals surface area contributed by atoms with Crippen LogP contribution in [-0.2, 0) is 10.2 Å². The van der Waals surface area contributed by atoms with E-state index in [0.29, 0.717) is 6.54 Å². The Bertz CT molecular complexity index is 574. The van der Waals surface area contributed by atoms with Gasteiger partial charge in [-0.05, 0) is 37.5 Å². The van der Waals surface area contributed by atoms with Gasteiger partial charge in [-0.15, -0.1) is 0 Å². The lowest BCUT2D eigenvalue weighted by atomic mass is 9.64. The summed E-state index contributed by atoms with van der Waals surface area (Å²) in [7, 11) is 0. The first kappa shape index (κ1) is 18.2. The third-order valence-electron chi connectivity index (χ3n) is 4.49. The molecule has 7 heteroatoms. The first-order chi connectivity index (χ1) is 11.5. The van der Waals surface area contributed by atoms with Crippen molar-refractivity contribution in [1.29, 1.82) is 0 Å². The number of urea groups is 1. The van der Waals surface area contributed by atoms with Gasteiger partial charge in [0.25, 0.3) is 0 Å². The molecular formula is C17H23F2N3O2. The number of hydrogen-bond acceptors (Lipinski definition) is 2. The van der Waals surface area contributed by atoms with Crippen LogP contribution in [0.1, 0.15) is 31.7 Å². The number of nitrogens with one attached hydrogen (secondary N) is 3. The zero-order valence-corrected chi connectivity index (χ0v) is 13.7. The average Bonchev–Trinajstić information content (AvgIpc) is 2.53. The number of carbonyl (C=O) groups is 2. The van der Waals surface area contributed by atoms with E-state index in [1.807, 2.05) is 0 Å². The molecular weight excluding hydrogens is 316 g/mol. The average molecular weight is 339 g/mol. The summed E-state index contributed by atoms with van der Waals surface area (Å²) < 4.78 is 25.1. The van der Waals surface area contributed by atoms with E-state index in [2.05, 4.69) is 16.0 Å². The third kappa shape index (κ3) is 4.43. The molecule has 0 bridgehead atoms. The van der Waals surface area contributed by atoms with E-state index in [1.54, 1.807) is 12.1 Å². The summed E-state index contributed by atoms with van der Waals surface area (Å²) in [5.41, 5.74) is 0.828. The standard InChI is InChI=1S/C17H23F2N3O2/c1-12(15(23)20-10-9-18)22-16(24)21-11-17(7-2-8-17)13-3-5-14(19)6-4-13/h3-6,12H,2,7-11H2,1H3,(H,20,23)(H2,21,22,24). The van der Waals surface area contributed by atoms with Crippen LogP contribution in [-0.4, -0.2) is 37.7 Å². The second kappa shape index (κ2) is 8.08. The maximum atomic E-state index is 13.1. The Morgan fingerprint density at radius 2 is 1.88 bits per heavy atom. The van der Waals surface area contributed by atoms with Gasteiger partial charge in [0.05, 0.1) is 0 Å². The topological polar surface area (TPSA) is 70.2 Å². The Morgan fingerprint density at radius 1 is 1.21 bits per heavy atom. The second-order valence-corrected chi connectivity index (χ2v) is 6.17. The van der Waals surface area contributed by atoms with Gasteiger partial charge in [0.15, 0.2) is 0 Å². The molecule has 0 aromatic heterocycles. The minimum absolute atomic E-state index is 0.0693. The number of hydrogen-bond donors (Lipinski definition) is 3. The summed E-state index contributed by atoms with van der Waals surface area (Å²) in [6.45, 7) is 1.24. The van der Waals surface area contributed by atoms with E-state index >= 15 is 0 Å². The second-order valence-electron chi connectivity index (χ2n) is 6.17. The maximum absolute atomic E-state index is 13.1. The van der Waals surface area contributed by atoms with Crippen LogP contribution in [0, 0.1) is 5.82 Å². The van der Waals surface area contributed by atoms with Gasteiger partial charge in [0.2, 0.25) is 5.91 Å². The van der Waals surface area contributed by atoms with Crippen molar-refractivity contribution < 1.29 is 18.4 Å². The minimum atomic E-state index is -0.750. The van der Waals surface area contributed by atoms with Gasteiger partial charge in [-0.25, -0.2) is 13.6 Å². The molecule has 0 spiro atoms. The number of halogens is 2. The number of carbonyl (C=O) groups excluding carboxylic acids is 2. The number of alkyl halides is 1. The highest BCUT2D eigenvalue weighted by Gasteiger charge is 2.38. The smallest absolute Gasteiger partial charge is 0.315 e. The Labute approximate surface area is 140 Å². The summed E-state index contributed by atoms with van der Waals surface area (Å²) in [5.74, 6) is -0.716. The zero-order valence-electron chi connectivity index (χ0n) is 13.7. The summed E-state index contributed by atoms with van der Waals surface area (Å²) in [6, 6.07) is 5.15. The number of amides is 3. The van der Waals surface area contributed by atoms with E-state index in [-0.39, 0.29) is 17.8 Å². The van der Waals surface area contributed by atoms with Crippen LogP contribution in [0.4, 0.5) is 13.6 Å². The molecule has 1 aliphatic carbocycles. The van der Waals surface area contributed by atoms with Crippen molar-refractivity contribution in [2.24, 2.45) is 0 Å². The summed E-state index contributed by atoms with van der Waals surface area (Å²) in [4.78, 5) is 23.6. The van der Waals surface area contributed by atoms with E-state index < -0.39 is 24.7 Å². The van der Waals surface area contributed by atoms with Crippen molar-refractivity contribution in [1.82, 2.24) is 16.0 Å². The maximum Gasteiger partial charge on any atom is 0.315 e. The SMILES string of the molecule is CC(NC(=O)NCC1(c2ccc(F)cc2)CCC1)C(=O)NCCF. The van der Waals surface area contributed by atoms with E-state index in [4.69, 9.17) is 0 Å². The van der Waals surface area contributed by atoms with Crippen LogP contribution in [0.3, 0.4) is 0 Å². The molecule has 0 radical (unpaired) electrons. The predicted octanol–water partition coefficient (Wildman–Crippen LogP) is 2.02. The molecule has 2 rings (SSSR count). The van der Waals surface area contributed by atoms with E-state index in [1.165, 1.54) is 19.1 Å². The van der Waals surface area contributed by atoms with Gasteiger partial charge in [-0.3, -0.25) is 4.79 Å². The Balaban J connectivity index is 1.85. The molecule has 1 atom stereocenters. The van der Waals surface area contributed by atoms with Gasteiger partial charge in [-0.1, -0.05) is 18.6 Å². The highest BCUT2D eigenvalue weighted by Crippen LogP contribution is 2.43. The fraction of sp³-hybridized carbons (Fsp3) is 0.529. The molecule has 3 N–H and O–H groups in total.